The van der Waals surface area contributed by atoms with Crippen molar-refractivity contribution in [3.05, 3.63) is 29.8 Å². The number of amides is 2. The summed E-state index contributed by atoms with van der Waals surface area (Å²) < 4.78 is 5.62. The molecule has 0 bridgehead atoms. The molecule has 1 aliphatic carbocycles. The van der Waals surface area contributed by atoms with E-state index >= 15 is 0 Å². The largest absolute Gasteiger partial charge is 0.492 e. The third-order valence-electron chi connectivity index (χ3n) is 3.89. The van der Waals surface area contributed by atoms with Crippen molar-refractivity contribution < 1.29 is 9.53 Å². The number of rotatable bonds is 6. The molecule has 1 fully saturated rings. The molecule has 4 heteroatoms. The summed E-state index contributed by atoms with van der Waals surface area (Å²) in [5.41, 5.74) is 1.30. The molecule has 0 atom stereocenters. The van der Waals surface area contributed by atoms with E-state index in [4.69, 9.17) is 4.74 Å². The minimum atomic E-state index is -0.0827. The highest BCUT2D eigenvalue weighted by atomic mass is 16.5. The topological polar surface area (TPSA) is 50.4 Å². The van der Waals surface area contributed by atoms with E-state index in [2.05, 4.69) is 36.6 Å². The first-order valence-electron chi connectivity index (χ1n) is 7.92. The molecule has 0 spiro atoms. The number of carbonyl (C=O) groups excluding carboxylic acids is 1. The van der Waals surface area contributed by atoms with E-state index in [-0.39, 0.29) is 6.03 Å². The SMILES string of the molecule is CC(C)c1ccc(OCCNC(=O)NC2CCCC2)cc1. The fourth-order valence-corrected chi connectivity index (χ4v) is 2.59. The Morgan fingerprint density at radius 2 is 1.90 bits per heavy atom. The number of nitrogens with one attached hydrogen (secondary N) is 2. The van der Waals surface area contributed by atoms with Crippen molar-refractivity contribution in [3.8, 4) is 5.75 Å². The maximum absolute atomic E-state index is 11.7. The van der Waals surface area contributed by atoms with Crippen LogP contribution in [0.25, 0.3) is 0 Å². The summed E-state index contributed by atoms with van der Waals surface area (Å²) in [6, 6.07) is 8.40. The Morgan fingerprint density at radius 1 is 1.24 bits per heavy atom. The molecule has 0 aliphatic heterocycles. The van der Waals surface area contributed by atoms with E-state index in [1.54, 1.807) is 0 Å². The van der Waals surface area contributed by atoms with Gasteiger partial charge in [-0.3, -0.25) is 0 Å². The van der Waals surface area contributed by atoms with Gasteiger partial charge < -0.3 is 15.4 Å². The Labute approximate surface area is 127 Å². The predicted molar refractivity (Wildman–Crippen MR) is 84.8 cm³/mol. The van der Waals surface area contributed by atoms with Gasteiger partial charge in [0.1, 0.15) is 12.4 Å². The number of benzene rings is 1. The number of hydrogen-bond donors (Lipinski definition) is 2. The van der Waals surface area contributed by atoms with Crippen molar-refractivity contribution in [1.82, 2.24) is 10.6 Å². The van der Waals surface area contributed by atoms with Gasteiger partial charge in [0, 0.05) is 6.04 Å². The molecule has 1 aliphatic rings. The fraction of sp³-hybridized carbons (Fsp3) is 0.588. The van der Waals surface area contributed by atoms with Gasteiger partial charge in [-0.25, -0.2) is 4.79 Å². The first-order chi connectivity index (χ1) is 10.1. The number of hydrogen-bond acceptors (Lipinski definition) is 2. The highest BCUT2D eigenvalue weighted by Gasteiger charge is 2.16. The van der Waals surface area contributed by atoms with Crippen LogP contribution in [0.3, 0.4) is 0 Å². The lowest BCUT2D eigenvalue weighted by Gasteiger charge is -2.13. The van der Waals surface area contributed by atoms with Crippen molar-refractivity contribution >= 4 is 6.03 Å². The summed E-state index contributed by atoms with van der Waals surface area (Å²) in [7, 11) is 0. The van der Waals surface area contributed by atoms with Crippen LogP contribution in [0.15, 0.2) is 24.3 Å². The quantitative estimate of drug-likeness (QED) is 0.789. The summed E-state index contributed by atoms with van der Waals surface area (Å²) in [5, 5.41) is 5.83. The third kappa shape index (κ3) is 5.29. The molecule has 2 rings (SSSR count). The monoisotopic (exact) mass is 290 g/mol. The average molecular weight is 290 g/mol. The van der Waals surface area contributed by atoms with Gasteiger partial charge >= 0.3 is 6.03 Å². The van der Waals surface area contributed by atoms with Crippen molar-refractivity contribution in [2.45, 2.75) is 51.5 Å². The molecule has 0 saturated heterocycles. The first-order valence-corrected chi connectivity index (χ1v) is 7.92. The highest BCUT2D eigenvalue weighted by molar-refractivity contribution is 5.74. The van der Waals surface area contributed by atoms with Crippen LogP contribution in [0, 0.1) is 0 Å². The predicted octanol–water partition coefficient (Wildman–Crippen LogP) is 3.43. The molecule has 0 unspecified atom stereocenters. The lowest BCUT2D eigenvalue weighted by Crippen LogP contribution is -2.42. The van der Waals surface area contributed by atoms with E-state index < -0.39 is 0 Å². The maximum atomic E-state index is 11.7. The Hall–Kier alpha value is -1.71. The van der Waals surface area contributed by atoms with Crippen LogP contribution in [0.2, 0.25) is 0 Å². The van der Waals surface area contributed by atoms with Crippen LogP contribution in [0.5, 0.6) is 5.75 Å². The second-order valence-corrected chi connectivity index (χ2v) is 5.95. The summed E-state index contributed by atoms with van der Waals surface area (Å²) >= 11 is 0. The fourth-order valence-electron chi connectivity index (χ4n) is 2.59. The lowest BCUT2D eigenvalue weighted by molar-refractivity contribution is 0.233. The van der Waals surface area contributed by atoms with Gasteiger partial charge in [0.2, 0.25) is 0 Å². The zero-order chi connectivity index (χ0) is 15.1. The molecule has 1 aromatic rings. The molecular formula is C17H26N2O2. The van der Waals surface area contributed by atoms with E-state index in [0.717, 1.165) is 18.6 Å². The van der Waals surface area contributed by atoms with E-state index in [1.165, 1.54) is 18.4 Å². The van der Waals surface area contributed by atoms with Crippen LogP contribution in [0.4, 0.5) is 4.79 Å². The van der Waals surface area contributed by atoms with Gasteiger partial charge in [-0.1, -0.05) is 38.8 Å². The average Bonchev–Trinajstić information content (AvgIpc) is 2.97. The van der Waals surface area contributed by atoms with Gasteiger partial charge in [0.15, 0.2) is 0 Å². The summed E-state index contributed by atoms with van der Waals surface area (Å²) in [6.45, 7) is 5.34. The van der Waals surface area contributed by atoms with E-state index in [0.29, 0.717) is 25.1 Å². The van der Waals surface area contributed by atoms with Crippen molar-refractivity contribution in [1.29, 1.82) is 0 Å². The zero-order valence-corrected chi connectivity index (χ0v) is 13.0. The van der Waals surface area contributed by atoms with Crippen LogP contribution in [0.1, 0.15) is 51.0 Å². The van der Waals surface area contributed by atoms with Crippen molar-refractivity contribution in [3.63, 3.8) is 0 Å². The standard InChI is InChI=1S/C17H26N2O2/c1-13(2)14-7-9-16(10-8-14)21-12-11-18-17(20)19-15-5-3-4-6-15/h7-10,13,15H,3-6,11-12H2,1-2H3,(H2,18,19,20). The number of urea groups is 1. The van der Waals surface area contributed by atoms with Crippen LogP contribution >= 0.6 is 0 Å². The molecule has 0 radical (unpaired) electrons. The van der Waals surface area contributed by atoms with Gasteiger partial charge in [-0.05, 0) is 36.5 Å². The molecule has 4 nitrogen and oxygen atoms in total. The minimum absolute atomic E-state index is 0.0827. The highest BCUT2D eigenvalue weighted by Crippen LogP contribution is 2.18. The first kappa shape index (κ1) is 15.7. The Kier molecular flexibility index (Phi) is 5.90. The smallest absolute Gasteiger partial charge is 0.315 e. The van der Waals surface area contributed by atoms with Gasteiger partial charge in [0.05, 0.1) is 6.54 Å². The van der Waals surface area contributed by atoms with E-state index in [1.807, 2.05) is 12.1 Å². The van der Waals surface area contributed by atoms with Gasteiger partial charge in [-0.15, -0.1) is 0 Å². The lowest BCUT2D eigenvalue weighted by atomic mass is 10.0. The summed E-state index contributed by atoms with van der Waals surface area (Å²) in [5.74, 6) is 1.37. The normalized spacial score (nSPS) is 15.2. The molecule has 0 heterocycles. The summed E-state index contributed by atoms with van der Waals surface area (Å²) in [4.78, 5) is 11.7. The second kappa shape index (κ2) is 7.91. The molecule has 21 heavy (non-hydrogen) atoms. The minimum Gasteiger partial charge on any atom is -0.492 e. The summed E-state index contributed by atoms with van der Waals surface area (Å²) in [6.07, 6.45) is 4.65. The van der Waals surface area contributed by atoms with Gasteiger partial charge in [0.25, 0.3) is 0 Å². The molecule has 2 N–H and O–H groups in total. The molecular weight excluding hydrogens is 264 g/mol. The second-order valence-electron chi connectivity index (χ2n) is 5.95. The van der Waals surface area contributed by atoms with Crippen LogP contribution in [-0.4, -0.2) is 25.2 Å². The van der Waals surface area contributed by atoms with Crippen molar-refractivity contribution in [2.24, 2.45) is 0 Å². The van der Waals surface area contributed by atoms with E-state index in [9.17, 15) is 4.79 Å². The van der Waals surface area contributed by atoms with Crippen LogP contribution < -0.4 is 15.4 Å². The molecule has 1 saturated carbocycles. The van der Waals surface area contributed by atoms with Crippen LogP contribution in [-0.2, 0) is 0 Å². The third-order valence-corrected chi connectivity index (χ3v) is 3.89. The number of ether oxygens (including phenoxy) is 1. The Bertz CT molecular complexity index is 437. The zero-order valence-electron chi connectivity index (χ0n) is 13.0. The number of carbonyl (C=O) groups is 1. The van der Waals surface area contributed by atoms with Gasteiger partial charge in [-0.2, -0.15) is 0 Å². The maximum Gasteiger partial charge on any atom is 0.315 e. The van der Waals surface area contributed by atoms with Crippen molar-refractivity contribution in [2.75, 3.05) is 13.2 Å². The molecule has 0 aromatic heterocycles. The Balaban J connectivity index is 1.61. The molecule has 116 valence electrons. The molecule has 2 amide bonds. The Morgan fingerprint density at radius 3 is 2.52 bits per heavy atom. The molecule has 1 aromatic carbocycles.